The predicted octanol–water partition coefficient (Wildman–Crippen LogP) is -13.3. The number of benzene rings is 2. The van der Waals surface area contributed by atoms with Crippen molar-refractivity contribution in [3.8, 4) is 0 Å². The molecule has 0 radical (unpaired) electrons. The van der Waals surface area contributed by atoms with Gasteiger partial charge in [0.2, 0.25) is 112 Å². The summed E-state index contributed by atoms with van der Waals surface area (Å²) >= 11 is 12.2. The molecular weight excluding hydrogens is 1890 g/mol. The lowest BCUT2D eigenvalue weighted by atomic mass is 9.97. The number of carboxylic acid groups (broad SMARTS) is 5. The lowest BCUT2D eigenvalue weighted by Gasteiger charge is -2.28. The Morgan fingerprint density at radius 3 is 1.06 bits per heavy atom. The van der Waals surface area contributed by atoms with Crippen LogP contribution in [0.1, 0.15) is 109 Å². The number of carboxylic acids is 5. The molecule has 0 aliphatic rings. The second kappa shape index (κ2) is 62.5. The van der Waals surface area contributed by atoms with E-state index in [0.29, 0.717) is 11.1 Å². The maximum atomic E-state index is 14.6. The first kappa shape index (κ1) is 120. The zero-order valence-corrected chi connectivity index (χ0v) is 77.4. The molecule has 19 amide bonds. The number of aliphatic hydroxyl groups excluding tert-OH is 3. The van der Waals surface area contributed by atoms with E-state index in [1.54, 1.807) is 19.1 Å². The van der Waals surface area contributed by atoms with Crippen LogP contribution < -0.4 is 119 Å². The van der Waals surface area contributed by atoms with Crippen LogP contribution in [0.3, 0.4) is 0 Å². The molecule has 55 nitrogen and oxygen atoms in total. The van der Waals surface area contributed by atoms with Crippen LogP contribution in [0.4, 0.5) is 0 Å². The lowest BCUT2D eigenvalue weighted by molar-refractivity contribution is -0.142. The van der Waals surface area contributed by atoms with Gasteiger partial charge in [-0.25, -0.2) is 4.79 Å². The van der Waals surface area contributed by atoms with E-state index in [9.17, 15) is 151 Å². The normalized spacial score (nSPS) is 14.8. The number of aliphatic carboxylic acids is 5. The van der Waals surface area contributed by atoms with Gasteiger partial charge in [-0.05, 0) is 56.1 Å². The van der Waals surface area contributed by atoms with Crippen molar-refractivity contribution in [3.63, 3.8) is 0 Å². The van der Waals surface area contributed by atoms with E-state index >= 15 is 0 Å². The maximum absolute atomic E-state index is 14.6. The summed E-state index contributed by atoms with van der Waals surface area (Å²) in [7, 11) is 0. The standard InChI is InChI=1S/C80H119N23O32S3/c1-4-36(2)62(103-75(130)51(32-106)98-74(129)49(30-104)97-64(119)40(81)17-20-58(110)111)78(133)101-53(34-137)77(132)99-50(31-105)73(128)96-48(28-61(116)117)72(127)93-44(24-38-12-7-5-8-13-38)65(120)87-29-57(109)89-46(26-55(82)107)71(126)92-43(19-22-60(114)115)67(122)94-45(25-39-14-9-6-10-15-39)70(125)100-52(33-136)76(131)91-41(16-11-23-86-80(84)85)66(121)95-47(27-56(83)108)69(124)88-37(3)63(118)90-42(18-21-59(112)113)68(123)102-54(35-138)79(134)135/h5-10,12-15,36-37,40-54,62,104-106,136-138H,4,11,16-35,81H2,1-3H3,(H2,82,107)(H2,83,108)(H,87,120)(H,88,124)(H,89,109)(H,90,118)(H,91,131)(H,92,126)(H,93,127)(H,94,122)(H,95,121)(H,96,128)(H,97,119)(H,98,129)(H,99,132)(H,100,125)(H,101,133)(H,102,123)(H,103,130)(H,110,111)(H,112,113)(H,114,115)(H,116,117)(H,134,135)(H4,84,85,86)/t36-,37-,40-,41-,42-,43-,44-,45-,46-,47-,48-,49-,50-,51-,52-,53-,54-,62-/m0/s1. The molecule has 0 aliphatic heterocycles. The minimum absolute atomic E-state index is 0.103. The fraction of sp³-hybridized carbons (Fsp3) is 0.537. The number of hydrogen-bond acceptors (Lipinski definition) is 32. The highest BCUT2D eigenvalue weighted by Crippen LogP contribution is 2.15. The van der Waals surface area contributed by atoms with Crippen LogP contribution >= 0.6 is 37.9 Å². The molecule has 764 valence electrons. The number of primary amides is 2. The quantitative estimate of drug-likeness (QED) is 0.0127. The molecule has 2 aromatic rings. The maximum Gasteiger partial charge on any atom is 0.327 e. The van der Waals surface area contributed by atoms with Gasteiger partial charge in [0, 0.05) is 55.9 Å². The van der Waals surface area contributed by atoms with Crippen LogP contribution in [0.5, 0.6) is 0 Å². The molecule has 0 spiro atoms. The highest BCUT2D eigenvalue weighted by atomic mass is 32.1. The lowest BCUT2D eigenvalue weighted by Crippen LogP contribution is -2.62. The summed E-state index contributed by atoms with van der Waals surface area (Å²) in [5.74, 6) is -34.2. The second-order valence-corrected chi connectivity index (χ2v) is 32.0. The van der Waals surface area contributed by atoms with Crippen molar-refractivity contribution in [3.05, 3.63) is 71.8 Å². The van der Waals surface area contributed by atoms with Crippen molar-refractivity contribution >= 4 is 186 Å². The summed E-state index contributed by atoms with van der Waals surface area (Å²) < 4.78 is 0. The van der Waals surface area contributed by atoms with Gasteiger partial charge in [-0.1, -0.05) is 80.9 Å². The largest absolute Gasteiger partial charge is 0.481 e. The van der Waals surface area contributed by atoms with Crippen LogP contribution in [0.2, 0.25) is 0 Å². The molecule has 2 rings (SSSR count). The van der Waals surface area contributed by atoms with E-state index in [0.717, 1.165) is 6.92 Å². The van der Waals surface area contributed by atoms with E-state index in [4.69, 9.17) is 33.5 Å². The van der Waals surface area contributed by atoms with Crippen molar-refractivity contribution < 1.29 is 156 Å². The summed E-state index contributed by atoms with van der Waals surface area (Å²) in [5.41, 5.74) is 22.6. The van der Waals surface area contributed by atoms with Crippen molar-refractivity contribution in [2.45, 2.75) is 213 Å². The van der Waals surface area contributed by atoms with Gasteiger partial charge in [0.05, 0.1) is 51.7 Å². The number of aliphatic hydroxyl groups is 3. The average Bonchev–Trinajstić information content (AvgIpc) is 0.846. The van der Waals surface area contributed by atoms with Crippen LogP contribution in [-0.4, -0.2) is 342 Å². The molecule has 2 aromatic carbocycles. The van der Waals surface area contributed by atoms with Crippen LogP contribution in [0.25, 0.3) is 0 Å². The van der Waals surface area contributed by atoms with E-state index in [1.165, 1.54) is 55.5 Å². The first-order chi connectivity index (χ1) is 65.0. The molecule has 0 saturated carbocycles. The smallest absolute Gasteiger partial charge is 0.327 e. The summed E-state index contributed by atoms with van der Waals surface area (Å²) in [5, 5.41) is 125. The van der Waals surface area contributed by atoms with Gasteiger partial charge in [-0.15, -0.1) is 0 Å². The molecule has 0 unspecified atom stereocenters. The SMILES string of the molecule is CC[C@H](C)[C@H](NC(=O)[C@H](CO)NC(=O)[C@H](CO)NC(=O)[C@@H](N)CCC(=O)O)C(=O)N[C@@H](CS)C(=O)N[C@@H](CO)C(=O)N[C@@H](CC(=O)O)C(=O)N[C@@H](Cc1ccccc1)C(=O)NCC(=O)N[C@@H](CC(N)=O)C(=O)N[C@@H](CCC(=O)O)C(=O)N[C@@H](Cc1ccccc1)C(=O)N[C@@H](CS)C(=O)N[C@@H](CCCNC(=N)N)C(=O)N[C@@H](CC(N)=O)C(=O)N[C@@H](C)C(=O)N[C@@H](CCC(=O)O)C(=O)N[C@@H](CS)C(=O)O. The van der Waals surface area contributed by atoms with E-state index in [2.05, 4.69) is 134 Å². The zero-order chi connectivity index (χ0) is 104. The van der Waals surface area contributed by atoms with E-state index in [1.807, 2.05) is 0 Å². The number of rotatable bonds is 66. The summed E-state index contributed by atoms with van der Waals surface area (Å²) in [6, 6.07) is -15.7. The zero-order valence-electron chi connectivity index (χ0n) is 74.7. The summed E-state index contributed by atoms with van der Waals surface area (Å²) in [6.45, 7) is -0.652. The van der Waals surface area contributed by atoms with E-state index < -0.39 is 365 Å². The molecule has 0 saturated heterocycles. The van der Waals surface area contributed by atoms with Gasteiger partial charge in [-0.3, -0.25) is 116 Å². The Labute approximate surface area is 803 Å². The van der Waals surface area contributed by atoms with Gasteiger partial charge in [-0.2, -0.15) is 37.9 Å². The van der Waals surface area contributed by atoms with Crippen molar-refractivity contribution in [2.75, 3.05) is 50.2 Å². The Morgan fingerprint density at radius 2 is 0.659 bits per heavy atom. The minimum Gasteiger partial charge on any atom is -0.481 e. The second-order valence-electron chi connectivity index (χ2n) is 30.9. The molecule has 0 aliphatic carbocycles. The van der Waals surface area contributed by atoms with Crippen LogP contribution in [0, 0.1) is 11.3 Å². The van der Waals surface area contributed by atoms with Crippen LogP contribution in [-0.2, 0) is 128 Å². The molecule has 0 heterocycles. The third-order valence-corrected chi connectivity index (χ3v) is 21.1. The fourth-order valence-electron chi connectivity index (χ4n) is 12.2. The fourth-order valence-corrected chi connectivity index (χ4v) is 13.0. The first-order valence-electron chi connectivity index (χ1n) is 42.3. The Kier molecular flexibility index (Phi) is 54.3. The van der Waals surface area contributed by atoms with Crippen molar-refractivity contribution in [1.82, 2.24) is 95.7 Å². The Bertz CT molecular complexity index is 4630. The summed E-state index contributed by atoms with van der Waals surface area (Å²) in [4.78, 5) is 318. The van der Waals surface area contributed by atoms with Gasteiger partial charge in [0.1, 0.15) is 96.7 Å². The third kappa shape index (κ3) is 45.0. The molecular formula is C80H119N23O32S3. The Balaban J connectivity index is 2.47. The highest BCUT2D eigenvalue weighted by Gasteiger charge is 2.40. The number of amides is 19. The predicted molar refractivity (Wildman–Crippen MR) is 487 cm³/mol. The molecule has 58 heteroatoms. The number of carbonyl (C=O) groups is 24. The Hall–Kier alpha value is -14.1. The van der Waals surface area contributed by atoms with Gasteiger partial charge >= 0.3 is 29.8 Å². The number of guanidine groups is 1. The first-order valence-corrected chi connectivity index (χ1v) is 44.2. The van der Waals surface area contributed by atoms with Gasteiger partial charge in [0.15, 0.2) is 5.96 Å². The van der Waals surface area contributed by atoms with Gasteiger partial charge in [0.25, 0.3) is 0 Å². The molecule has 0 aromatic heterocycles. The summed E-state index contributed by atoms with van der Waals surface area (Å²) in [6.07, 6.45) is -8.46. The number of thiol groups is 3. The van der Waals surface area contributed by atoms with Crippen molar-refractivity contribution in [1.29, 1.82) is 5.41 Å². The molecule has 0 bridgehead atoms. The topological polar surface area (TPSA) is 916 Å². The Morgan fingerprint density at radius 1 is 0.341 bits per heavy atom. The number of nitrogens with one attached hydrogen (secondary N) is 19. The highest BCUT2D eigenvalue weighted by molar-refractivity contribution is 7.80. The average molecular weight is 2010 g/mol. The van der Waals surface area contributed by atoms with Gasteiger partial charge < -0.3 is 159 Å². The minimum atomic E-state index is -2.17. The van der Waals surface area contributed by atoms with Crippen molar-refractivity contribution in [2.24, 2.45) is 28.9 Å². The third-order valence-electron chi connectivity index (χ3n) is 20.0. The number of carbonyl (C=O) groups excluding carboxylic acids is 19. The molecule has 138 heavy (non-hydrogen) atoms. The molecule has 0 fully saturated rings. The van der Waals surface area contributed by atoms with Crippen LogP contribution in [0.15, 0.2) is 60.7 Å². The molecule has 35 N–H and O–H groups in total. The van der Waals surface area contributed by atoms with E-state index in [-0.39, 0.29) is 32.2 Å². The number of hydrogen-bond donors (Lipinski definition) is 34. The number of nitrogens with two attached hydrogens (primary N) is 4. The molecule has 18 atom stereocenters. The monoisotopic (exact) mass is 2010 g/mol.